The van der Waals surface area contributed by atoms with Crippen molar-refractivity contribution >= 4 is 28.7 Å². The van der Waals surface area contributed by atoms with Crippen LogP contribution in [0.2, 0.25) is 0 Å². The molecule has 162 valence electrons. The van der Waals surface area contributed by atoms with Crippen LogP contribution in [0.15, 0.2) is 40.4 Å². The number of amides is 1. The second-order valence-corrected chi connectivity index (χ2v) is 7.47. The van der Waals surface area contributed by atoms with Gasteiger partial charge in [0.15, 0.2) is 5.96 Å². The molecule has 0 saturated heterocycles. The SMILES string of the molecule is CC(C)C[C@@H](C(=O)N[C@@H](CCCN=C(N)N)C(=O)O)n1cnc2ccccc2c1=O. The van der Waals surface area contributed by atoms with E-state index < -0.39 is 24.0 Å². The average Bonchev–Trinajstić information content (AvgIpc) is 2.68. The second kappa shape index (κ2) is 10.4. The molecule has 1 aromatic carbocycles. The summed E-state index contributed by atoms with van der Waals surface area (Å²) in [4.78, 5) is 45.6. The van der Waals surface area contributed by atoms with Gasteiger partial charge in [-0.1, -0.05) is 26.0 Å². The Morgan fingerprint density at radius 2 is 1.97 bits per heavy atom. The highest BCUT2D eigenvalue weighted by atomic mass is 16.4. The van der Waals surface area contributed by atoms with E-state index in [9.17, 15) is 19.5 Å². The molecule has 2 aromatic rings. The molecule has 1 heterocycles. The van der Waals surface area contributed by atoms with Crippen LogP contribution < -0.4 is 22.3 Å². The lowest BCUT2D eigenvalue weighted by atomic mass is 10.0. The number of nitrogens with zero attached hydrogens (tertiary/aromatic N) is 3. The number of guanidine groups is 1. The maximum atomic E-state index is 13.0. The number of para-hydroxylation sites is 1. The van der Waals surface area contributed by atoms with Gasteiger partial charge in [0.25, 0.3) is 5.56 Å². The number of carboxylic acids is 1. The average molecular weight is 416 g/mol. The Balaban J connectivity index is 2.26. The smallest absolute Gasteiger partial charge is 0.326 e. The van der Waals surface area contributed by atoms with Gasteiger partial charge in [-0.15, -0.1) is 0 Å². The van der Waals surface area contributed by atoms with Crippen LogP contribution in [0.5, 0.6) is 0 Å². The number of carbonyl (C=O) groups is 2. The zero-order chi connectivity index (χ0) is 22.3. The molecule has 0 aliphatic heterocycles. The number of aromatic nitrogens is 2. The number of hydrogen-bond acceptors (Lipinski definition) is 5. The molecule has 0 radical (unpaired) electrons. The van der Waals surface area contributed by atoms with Crippen molar-refractivity contribution in [3.63, 3.8) is 0 Å². The third-order valence-corrected chi connectivity index (χ3v) is 4.58. The molecule has 0 fully saturated rings. The number of carbonyl (C=O) groups excluding carboxylic acids is 1. The molecule has 2 atom stereocenters. The summed E-state index contributed by atoms with van der Waals surface area (Å²) in [6.07, 6.45) is 2.22. The van der Waals surface area contributed by atoms with Gasteiger partial charge in [-0.25, -0.2) is 9.78 Å². The highest BCUT2D eigenvalue weighted by Gasteiger charge is 2.28. The van der Waals surface area contributed by atoms with Crippen LogP contribution in [0, 0.1) is 5.92 Å². The third kappa shape index (κ3) is 6.03. The normalized spacial score (nSPS) is 13.0. The molecule has 2 rings (SSSR count). The lowest BCUT2D eigenvalue weighted by Gasteiger charge is -2.23. The molecule has 6 N–H and O–H groups in total. The fourth-order valence-corrected chi connectivity index (χ4v) is 3.13. The van der Waals surface area contributed by atoms with Crippen molar-refractivity contribution in [2.24, 2.45) is 22.4 Å². The first-order valence-electron chi connectivity index (χ1n) is 9.75. The van der Waals surface area contributed by atoms with E-state index in [4.69, 9.17) is 11.5 Å². The summed E-state index contributed by atoms with van der Waals surface area (Å²) in [5, 5.41) is 12.4. The molecule has 0 saturated carbocycles. The van der Waals surface area contributed by atoms with E-state index in [0.29, 0.717) is 23.7 Å². The summed E-state index contributed by atoms with van der Waals surface area (Å²) in [6, 6.07) is 4.87. The van der Waals surface area contributed by atoms with Gasteiger partial charge in [0, 0.05) is 6.54 Å². The van der Waals surface area contributed by atoms with Crippen molar-refractivity contribution in [2.75, 3.05) is 6.54 Å². The van der Waals surface area contributed by atoms with Gasteiger partial charge in [0.2, 0.25) is 5.91 Å². The van der Waals surface area contributed by atoms with Crippen LogP contribution in [0.25, 0.3) is 10.9 Å². The van der Waals surface area contributed by atoms with Crippen LogP contribution in [0.4, 0.5) is 0 Å². The molecule has 30 heavy (non-hydrogen) atoms. The number of nitrogens with one attached hydrogen (secondary N) is 1. The van der Waals surface area contributed by atoms with E-state index in [2.05, 4.69) is 15.3 Å². The number of hydrogen-bond donors (Lipinski definition) is 4. The summed E-state index contributed by atoms with van der Waals surface area (Å²) >= 11 is 0. The third-order valence-electron chi connectivity index (χ3n) is 4.58. The van der Waals surface area contributed by atoms with Crippen molar-refractivity contribution in [3.05, 3.63) is 40.9 Å². The maximum Gasteiger partial charge on any atom is 0.326 e. The van der Waals surface area contributed by atoms with Gasteiger partial charge >= 0.3 is 5.97 Å². The maximum absolute atomic E-state index is 13.0. The molecule has 1 amide bonds. The van der Waals surface area contributed by atoms with Crippen LogP contribution in [0.1, 0.15) is 39.2 Å². The number of aliphatic imine (C=N–C) groups is 1. The minimum atomic E-state index is -1.17. The highest BCUT2D eigenvalue weighted by Crippen LogP contribution is 2.18. The van der Waals surface area contributed by atoms with Gasteiger partial charge in [-0.3, -0.25) is 19.1 Å². The Hall–Kier alpha value is -3.43. The standard InChI is InChI=1S/C20H28N6O4/c1-12(2)10-16(26-11-24-14-7-4-3-6-13(14)18(26)28)17(27)25-15(19(29)30)8-5-9-23-20(21)22/h3-4,6-7,11-12,15-16H,5,8-10H2,1-2H3,(H,25,27)(H,29,30)(H4,21,22,23)/t15-,16-/m0/s1. The van der Waals surface area contributed by atoms with Crippen molar-refractivity contribution < 1.29 is 14.7 Å². The summed E-state index contributed by atoms with van der Waals surface area (Å²) in [5.41, 5.74) is 10.7. The zero-order valence-electron chi connectivity index (χ0n) is 17.1. The van der Waals surface area contributed by atoms with Crippen LogP contribution in [0.3, 0.4) is 0 Å². The summed E-state index contributed by atoms with van der Waals surface area (Å²) in [6.45, 7) is 4.10. The number of benzene rings is 1. The monoisotopic (exact) mass is 416 g/mol. The molecule has 1 aromatic heterocycles. The molecule has 10 heteroatoms. The fraction of sp³-hybridized carbons (Fsp3) is 0.450. The molecular formula is C20H28N6O4. The molecule has 0 bridgehead atoms. The molecular weight excluding hydrogens is 388 g/mol. The number of nitrogens with two attached hydrogens (primary N) is 2. The van der Waals surface area contributed by atoms with Crippen molar-refractivity contribution in [3.8, 4) is 0 Å². The lowest BCUT2D eigenvalue weighted by Crippen LogP contribution is -2.46. The topological polar surface area (TPSA) is 166 Å². The van der Waals surface area contributed by atoms with E-state index in [0.717, 1.165) is 0 Å². The molecule has 0 aliphatic carbocycles. The second-order valence-electron chi connectivity index (χ2n) is 7.47. The Bertz CT molecular complexity index is 981. The van der Waals surface area contributed by atoms with Crippen molar-refractivity contribution in [2.45, 2.75) is 45.2 Å². The molecule has 10 nitrogen and oxygen atoms in total. The van der Waals surface area contributed by atoms with E-state index in [1.54, 1.807) is 24.3 Å². The first-order valence-corrected chi connectivity index (χ1v) is 9.75. The van der Waals surface area contributed by atoms with E-state index in [1.807, 2.05) is 13.8 Å². The molecule has 0 spiro atoms. The first-order chi connectivity index (χ1) is 14.2. The van der Waals surface area contributed by atoms with Crippen molar-refractivity contribution in [1.29, 1.82) is 0 Å². The van der Waals surface area contributed by atoms with Crippen molar-refractivity contribution in [1.82, 2.24) is 14.9 Å². The summed E-state index contributed by atoms with van der Waals surface area (Å²) in [5.74, 6) is -1.70. The predicted molar refractivity (Wildman–Crippen MR) is 114 cm³/mol. The largest absolute Gasteiger partial charge is 0.480 e. The van der Waals surface area contributed by atoms with Crippen LogP contribution in [-0.4, -0.2) is 45.1 Å². The van der Waals surface area contributed by atoms with E-state index in [1.165, 1.54) is 10.9 Å². The molecule has 0 aliphatic rings. The highest BCUT2D eigenvalue weighted by molar-refractivity contribution is 5.86. The molecule has 0 unspecified atom stereocenters. The van der Waals surface area contributed by atoms with Gasteiger partial charge in [-0.05, 0) is 37.3 Å². The van der Waals surface area contributed by atoms with E-state index >= 15 is 0 Å². The van der Waals surface area contributed by atoms with Gasteiger partial charge in [0.05, 0.1) is 17.2 Å². The lowest BCUT2D eigenvalue weighted by molar-refractivity contribution is -0.142. The first kappa shape index (κ1) is 22.9. The zero-order valence-corrected chi connectivity index (χ0v) is 17.1. The van der Waals surface area contributed by atoms with Gasteiger partial charge in [0.1, 0.15) is 12.1 Å². The Labute approximate surface area is 174 Å². The minimum absolute atomic E-state index is 0.0777. The summed E-state index contributed by atoms with van der Waals surface area (Å²) in [7, 11) is 0. The number of aliphatic carboxylic acids is 1. The number of carboxylic acid groups (broad SMARTS) is 1. The van der Waals surface area contributed by atoms with Crippen LogP contribution in [-0.2, 0) is 9.59 Å². The Morgan fingerprint density at radius 1 is 1.27 bits per heavy atom. The number of rotatable bonds is 10. The van der Waals surface area contributed by atoms with Gasteiger partial charge in [-0.2, -0.15) is 0 Å². The van der Waals surface area contributed by atoms with Gasteiger partial charge < -0.3 is 21.9 Å². The van der Waals surface area contributed by atoms with E-state index in [-0.39, 0.29) is 30.4 Å². The Morgan fingerprint density at radius 3 is 2.60 bits per heavy atom. The minimum Gasteiger partial charge on any atom is -0.480 e. The Kier molecular flexibility index (Phi) is 7.90. The van der Waals surface area contributed by atoms with Crippen LogP contribution >= 0.6 is 0 Å². The summed E-state index contributed by atoms with van der Waals surface area (Å²) < 4.78 is 1.27. The predicted octanol–water partition coefficient (Wildman–Crippen LogP) is 0.607. The quantitative estimate of drug-likeness (QED) is 0.250. The fourth-order valence-electron chi connectivity index (χ4n) is 3.13. The number of fused-ring (bicyclic) bond motifs is 1.